The fourth-order valence-electron chi connectivity index (χ4n) is 1.99. The second kappa shape index (κ2) is 4.25. The number of hydrogen-bond donors (Lipinski definition) is 1. The molecule has 1 aliphatic rings. The Bertz CT molecular complexity index is 408. The number of carbonyl (C=O) groups is 1. The number of imidazole rings is 1. The van der Waals surface area contributed by atoms with Gasteiger partial charge in [-0.3, -0.25) is 4.79 Å². The first-order valence-corrected chi connectivity index (χ1v) is 5.55. The molecule has 0 radical (unpaired) electrons. The van der Waals surface area contributed by atoms with Crippen molar-refractivity contribution >= 4 is 5.91 Å². The highest BCUT2D eigenvalue weighted by atomic mass is 16.2. The first-order chi connectivity index (χ1) is 7.59. The van der Waals surface area contributed by atoms with Crippen molar-refractivity contribution in [3.8, 4) is 0 Å². The van der Waals surface area contributed by atoms with Crippen LogP contribution in [0.3, 0.4) is 0 Å². The molecule has 0 spiro atoms. The highest BCUT2D eigenvalue weighted by molar-refractivity contribution is 5.75. The Balaban J connectivity index is 2.26. The minimum Gasteiger partial charge on any atom is -0.347 e. The fraction of sp³-hybridized carbons (Fsp3) is 0.636. The van der Waals surface area contributed by atoms with E-state index >= 15 is 0 Å². The van der Waals surface area contributed by atoms with Crippen LogP contribution in [0.25, 0.3) is 0 Å². The number of carbonyl (C=O) groups excluding carboxylic acids is 1. The van der Waals surface area contributed by atoms with E-state index in [1.807, 2.05) is 11.5 Å². The van der Waals surface area contributed by atoms with Crippen molar-refractivity contribution in [1.29, 1.82) is 0 Å². The normalized spacial score (nSPS) is 14.7. The van der Waals surface area contributed by atoms with Crippen LogP contribution in [0.2, 0.25) is 0 Å². The van der Waals surface area contributed by atoms with Crippen molar-refractivity contribution in [2.24, 2.45) is 0 Å². The number of hydrogen-bond acceptors (Lipinski definition) is 3. The molecule has 1 aliphatic heterocycles. The van der Waals surface area contributed by atoms with Crippen molar-refractivity contribution in [3.05, 3.63) is 17.2 Å². The van der Waals surface area contributed by atoms with Crippen molar-refractivity contribution < 1.29 is 4.79 Å². The summed E-state index contributed by atoms with van der Waals surface area (Å²) in [5.41, 5.74) is 2.31. The van der Waals surface area contributed by atoms with Crippen LogP contribution in [-0.4, -0.2) is 41.0 Å². The molecule has 0 unspecified atom stereocenters. The largest absolute Gasteiger partial charge is 0.347 e. The molecule has 0 bridgehead atoms. The number of fused-ring (bicyclic) bond motifs is 1. The third-order valence-corrected chi connectivity index (χ3v) is 2.97. The minimum atomic E-state index is 0.113. The highest BCUT2D eigenvalue weighted by Crippen LogP contribution is 2.15. The quantitative estimate of drug-likeness (QED) is 0.762. The van der Waals surface area contributed by atoms with Gasteiger partial charge in [-0.2, -0.15) is 0 Å². The average Bonchev–Trinajstić information content (AvgIpc) is 2.55. The van der Waals surface area contributed by atoms with Gasteiger partial charge in [-0.15, -0.1) is 0 Å². The van der Waals surface area contributed by atoms with E-state index in [9.17, 15) is 4.79 Å². The van der Waals surface area contributed by atoms with E-state index in [4.69, 9.17) is 0 Å². The van der Waals surface area contributed by atoms with E-state index in [0.29, 0.717) is 6.54 Å². The average molecular weight is 222 g/mol. The van der Waals surface area contributed by atoms with Crippen molar-refractivity contribution in [2.45, 2.75) is 26.4 Å². The summed E-state index contributed by atoms with van der Waals surface area (Å²) in [5.74, 6) is 1.05. The molecule has 0 atom stereocenters. The van der Waals surface area contributed by atoms with Crippen LogP contribution in [0, 0.1) is 6.92 Å². The van der Waals surface area contributed by atoms with Crippen molar-refractivity contribution in [2.75, 3.05) is 20.6 Å². The summed E-state index contributed by atoms with van der Waals surface area (Å²) in [7, 11) is 3.56. The molecule has 2 rings (SSSR count). The van der Waals surface area contributed by atoms with E-state index in [1.54, 1.807) is 19.0 Å². The highest BCUT2D eigenvalue weighted by Gasteiger charge is 2.19. The minimum absolute atomic E-state index is 0.113. The Hall–Kier alpha value is -1.36. The Labute approximate surface area is 95.5 Å². The lowest BCUT2D eigenvalue weighted by Crippen LogP contribution is -2.29. The van der Waals surface area contributed by atoms with Crippen LogP contribution in [0.4, 0.5) is 0 Å². The predicted molar refractivity (Wildman–Crippen MR) is 61.1 cm³/mol. The Kier molecular flexibility index (Phi) is 2.96. The molecular formula is C11H18N4O. The van der Waals surface area contributed by atoms with E-state index in [2.05, 4.69) is 10.3 Å². The summed E-state index contributed by atoms with van der Waals surface area (Å²) in [6.45, 7) is 4.15. The van der Waals surface area contributed by atoms with Crippen molar-refractivity contribution in [1.82, 2.24) is 19.8 Å². The molecule has 2 heterocycles. The second-order valence-corrected chi connectivity index (χ2v) is 4.35. The molecule has 1 aromatic rings. The lowest BCUT2D eigenvalue weighted by atomic mass is 10.2. The number of nitrogens with one attached hydrogen (secondary N) is 1. The Morgan fingerprint density at radius 2 is 2.31 bits per heavy atom. The van der Waals surface area contributed by atoms with Gasteiger partial charge in [-0.05, 0) is 6.92 Å². The Morgan fingerprint density at radius 3 is 3.00 bits per heavy atom. The molecule has 0 saturated carbocycles. The van der Waals surface area contributed by atoms with Crippen LogP contribution in [-0.2, 0) is 24.3 Å². The smallest absolute Gasteiger partial charge is 0.242 e. The van der Waals surface area contributed by atoms with E-state index in [-0.39, 0.29) is 5.91 Å². The molecule has 0 aromatic carbocycles. The van der Waals surface area contributed by atoms with Crippen LogP contribution in [0.1, 0.15) is 17.2 Å². The number of rotatable bonds is 2. The topological polar surface area (TPSA) is 50.2 Å². The molecule has 5 heteroatoms. The van der Waals surface area contributed by atoms with Gasteiger partial charge in [0.15, 0.2) is 0 Å². The molecule has 88 valence electrons. The van der Waals surface area contributed by atoms with Crippen molar-refractivity contribution in [3.63, 3.8) is 0 Å². The molecule has 1 amide bonds. The van der Waals surface area contributed by atoms with Gasteiger partial charge in [-0.25, -0.2) is 4.98 Å². The number of amides is 1. The van der Waals surface area contributed by atoms with Gasteiger partial charge >= 0.3 is 0 Å². The SMILES string of the molecule is Cc1nc2c(n1CC(=O)N(C)C)CCNC2. The van der Waals surface area contributed by atoms with Crippen LogP contribution >= 0.6 is 0 Å². The van der Waals surface area contributed by atoms with Gasteiger partial charge < -0.3 is 14.8 Å². The predicted octanol–water partition coefficient (Wildman–Crippen LogP) is -0.0746. The molecule has 0 aliphatic carbocycles. The summed E-state index contributed by atoms with van der Waals surface area (Å²) in [5, 5.41) is 3.29. The van der Waals surface area contributed by atoms with Gasteiger partial charge in [-0.1, -0.05) is 0 Å². The Morgan fingerprint density at radius 1 is 1.56 bits per heavy atom. The standard InChI is InChI=1S/C11H18N4O/c1-8-13-9-6-12-5-4-10(9)15(8)7-11(16)14(2)3/h12H,4-7H2,1-3H3. The molecule has 0 saturated heterocycles. The van der Waals surface area contributed by atoms with E-state index in [0.717, 1.165) is 31.0 Å². The molecule has 16 heavy (non-hydrogen) atoms. The molecule has 0 fully saturated rings. The molecule has 1 N–H and O–H groups in total. The summed E-state index contributed by atoms with van der Waals surface area (Å²) < 4.78 is 2.04. The van der Waals surface area contributed by atoms with Crippen LogP contribution < -0.4 is 5.32 Å². The summed E-state index contributed by atoms with van der Waals surface area (Å²) >= 11 is 0. The summed E-state index contributed by atoms with van der Waals surface area (Å²) in [6, 6.07) is 0. The van der Waals surface area contributed by atoms with Gasteiger partial charge in [0.2, 0.25) is 5.91 Å². The van der Waals surface area contributed by atoms with Gasteiger partial charge in [0, 0.05) is 39.3 Å². The zero-order valence-electron chi connectivity index (χ0n) is 10.1. The lowest BCUT2D eigenvalue weighted by Gasteiger charge is -2.17. The number of aromatic nitrogens is 2. The van der Waals surface area contributed by atoms with Crippen LogP contribution in [0.15, 0.2) is 0 Å². The maximum absolute atomic E-state index is 11.7. The first-order valence-electron chi connectivity index (χ1n) is 5.55. The van der Waals surface area contributed by atoms with Crippen LogP contribution in [0.5, 0.6) is 0 Å². The van der Waals surface area contributed by atoms with Gasteiger partial charge in [0.1, 0.15) is 12.4 Å². The molecular weight excluding hydrogens is 204 g/mol. The zero-order valence-corrected chi connectivity index (χ0v) is 10.1. The monoisotopic (exact) mass is 222 g/mol. The summed E-state index contributed by atoms with van der Waals surface area (Å²) in [4.78, 5) is 17.8. The number of likely N-dealkylation sites (N-methyl/N-ethyl adjacent to an activating group) is 1. The molecule has 1 aromatic heterocycles. The summed E-state index contributed by atoms with van der Waals surface area (Å²) in [6.07, 6.45) is 0.955. The van der Waals surface area contributed by atoms with E-state index in [1.165, 1.54) is 5.69 Å². The third-order valence-electron chi connectivity index (χ3n) is 2.97. The lowest BCUT2D eigenvalue weighted by molar-refractivity contribution is -0.129. The van der Waals surface area contributed by atoms with Gasteiger partial charge in [0.25, 0.3) is 0 Å². The third kappa shape index (κ3) is 1.95. The fourth-order valence-corrected chi connectivity index (χ4v) is 1.99. The maximum Gasteiger partial charge on any atom is 0.242 e. The van der Waals surface area contributed by atoms with Gasteiger partial charge in [0.05, 0.1) is 5.69 Å². The maximum atomic E-state index is 11.7. The second-order valence-electron chi connectivity index (χ2n) is 4.35. The zero-order chi connectivity index (χ0) is 11.7. The van der Waals surface area contributed by atoms with E-state index < -0.39 is 0 Å². The number of nitrogens with zero attached hydrogens (tertiary/aromatic N) is 3. The molecule has 5 nitrogen and oxygen atoms in total. The number of aryl methyl sites for hydroxylation is 1. The first kappa shape index (κ1) is 11.1.